The number of carbonyl (C=O) groups is 4. The van der Waals surface area contributed by atoms with Crippen molar-refractivity contribution < 1.29 is 37.2 Å². The molecule has 12 nitrogen and oxygen atoms in total. The molecule has 3 amide bonds. The minimum Gasteiger partial charge on any atom is -0.490 e. The van der Waals surface area contributed by atoms with Gasteiger partial charge in [0.1, 0.15) is 29.7 Å². The Kier molecular flexibility index (Phi) is 9.58. The lowest BCUT2D eigenvalue weighted by Crippen LogP contribution is -2.55. The van der Waals surface area contributed by atoms with E-state index in [4.69, 9.17) is 9.57 Å². The Morgan fingerprint density at radius 2 is 1.79 bits per heavy atom. The number of ketones is 1. The van der Waals surface area contributed by atoms with Gasteiger partial charge in [0.2, 0.25) is 21.8 Å². The van der Waals surface area contributed by atoms with Crippen LogP contribution in [0.15, 0.2) is 72.4 Å². The number of benzene rings is 2. The van der Waals surface area contributed by atoms with E-state index in [9.17, 15) is 27.6 Å². The summed E-state index contributed by atoms with van der Waals surface area (Å²) < 4.78 is 33.5. The van der Waals surface area contributed by atoms with Crippen molar-refractivity contribution in [1.29, 1.82) is 0 Å². The van der Waals surface area contributed by atoms with Crippen LogP contribution >= 0.6 is 0 Å². The lowest BCUT2D eigenvalue weighted by Gasteiger charge is -2.26. The molecule has 3 fully saturated rings. The van der Waals surface area contributed by atoms with Crippen LogP contribution < -0.4 is 20.1 Å². The molecule has 0 unspecified atom stereocenters. The Bertz CT molecular complexity index is 1990. The zero-order valence-electron chi connectivity index (χ0n) is 29.3. The van der Waals surface area contributed by atoms with E-state index >= 15 is 0 Å². The van der Waals surface area contributed by atoms with E-state index in [1.807, 2.05) is 68.5 Å². The first-order chi connectivity index (χ1) is 24.9. The van der Waals surface area contributed by atoms with Crippen molar-refractivity contribution in [2.45, 2.75) is 81.7 Å². The summed E-state index contributed by atoms with van der Waals surface area (Å²) >= 11 is 0. The molecule has 4 bridgehead atoms. The van der Waals surface area contributed by atoms with Gasteiger partial charge in [0.05, 0.1) is 23.1 Å². The van der Waals surface area contributed by atoms with E-state index in [-0.39, 0.29) is 37.4 Å². The van der Waals surface area contributed by atoms with Crippen LogP contribution in [-0.2, 0) is 34.0 Å². The molecule has 5 aliphatic rings. The van der Waals surface area contributed by atoms with Gasteiger partial charge in [0.25, 0.3) is 5.91 Å². The number of hydrogen-bond donors (Lipinski definition) is 3. The Morgan fingerprint density at radius 1 is 1.04 bits per heavy atom. The standard InChI is InChI=1S/C39H44N4O8S/c1-4-23-21-39(23,38(47)43-52(48,49)26-14-15-26)41-37(46)32-20-25-19-31(32)36(45)40-34(22(2)3)33(44)12-6-5-9-17-50-24-13-16-28-27-10-7-8-11-29(27)35(42-51-25)30(28)18-24/h4-5,7-11,13,16,18,22-23,25-26,31-32,34H,1,6,12,14-15,17,19-21H2,2-3H3,(H,40,45)(H,41,46)(H,43,47)/b9-5+,42-35-/t23-,25+,31-,32-,34-,39-/m1/s1. The highest BCUT2D eigenvalue weighted by Crippen LogP contribution is 2.46. The molecule has 1 heterocycles. The molecule has 13 heteroatoms. The number of oxime groups is 1. The summed E-state index contributed by atoms with van der Waals surface area (Å²) in [6.45, 7) is 7.79. The quantitative estimate of drug-likeness (QED) is 0.308. The monoisotopic (exact) mass is 728 g/mol. The molecule has 7 rings (SSSR count). The number of carbonyl (C=O) groups excluding carboxylic acids is 4. The van der Waals surface area contributed by atoms with E-state index in [2.05, 4.69) is 27.1 Å². The van der Waals surface area contributed by atoms with Gasteiger partial charge in [-0.2, -0.15) is 0 Å². The summed E-state index contributed by atoms with van der Waals surface area (Å²) in [7, 11) is -3.87. The summed E-state index contributed by atoms with van der Waals surface area (Å²) in [4.78, 5) is 61.2. The maximum atomic E-state index is 14.2. The van der Waals surface area contributed by atoms with Gasteiger partial charge in [-0.15, -0.1) is 6.58 Å². The Labute approximate surface area is 303 Å². The molecule has 2 aromatic carbocycles. The predicted octanol–water partition coefficient (Wildman–Crippen LogP) is 3.94. The SMILES string of the molecule is C=C[C@@H]1C[C@]1(NC(=O)[C@@H]1C[C@@H]2C[C@H]1C(=O)N[C@H](C(C)C)C(=O)CC/C=C/COc1ccc3c(c1)/C(=N\O2)c1ccccc1-3)C(=O)NS(=O)(=O)C1CC1. The summed E-state index contributed by atoms with van der Waals surface area (Å²) in [5.41, 5.74) is 2.76. The van der Waals surface area contributed by atoms with E-state index in [1.54, 1.807) is 0 Å². The lowest BCUT2D eigenvalue weighted by molar-refractivity contribution is -0.137. The van der Waals surface area contributed by atoms with Crippen molar-refractivity contribution in [2.75, 3.05) is 6.61 Å². The number of ether oxygens (including phenoxy) is 1. The normalized spacial score (nSPS) is 30.1. The van der Waals surface area contributed by atoms with Gasteiger partial charge in [-0.05, 0) is 73.8 Å². The Balaban J connectivity index is 1.20. The van der Waals surface area contributed by atoms with Crippen molar-refractivity contribution in [3.63, 3.8) is 0 Å². The molecule has 2 aromatic rings. The fraction of sp³-hybridized carbons (Fsp3) is 0.462. The number of sulfonamides is 1. The summed E-state index contributed by atoms with van der Waals surface area (Å²) in [5, 5.41) is 9.75. The van der Waals surface area contributed by atoms with E-state index in [0.717, 1.165) is 22.3 Å². The lowest BCUT2D eigenvalue weighted by atomic mass is 9.91. The molecule has 52 heavy (non-hydrogen) atoms. The van der Waals surface area contributed by atoms with Crippen LogP contribution in [0, 0.1) is 23.7 Å². The van der Waals surface area contributed by atoms with E-state index in [1.165, 1.54) is 6.08 Å². The fourth-order valence-corrected chi connectivity index (χ4v) is 8.98. The van der Waals surface area contributed by atoms with Crippen LogP contribution in [0.3, 0.4) is 0 Å². The number of rotatable bonds is 7. The van der Waals surface area contributed by atoms with Gasteiger partial charge < -0.3 is 20.2 Å². The third-order valence-corrected chi connectivity index (χ3v) is 12.7. The Hall–Kier alpha value is -4.78. The van der Waals surface area contributed by atoms with Crippen molar-refractivity contribution in [1.82, 2.24) is 15.4 Å². The van der Waals surface area contributed by atoms with Crippen molar-refractivity contribution in [2.24, 2.45) is 28.8 Å². The smallest absolute Gasteiger partial charge is 0.259 e. The van der Waals surface area contributed by atoms with Gasteiger partial charge in [0, 0.05) is 23.5 Å². The average Bonchev–Trinajstić information content (AvgIpc) is 4.03. The molecule has 6 atom stereocenters. The number of allylic oxidation sites excluding steroid dienone is 1. The molecular formula is C39H44N4O8S. The van der Waals surface area contributed by atoms with E-state index in [0.29, 0.717) is 37.3 Å². The zero-order chi connectivity index (χ0) is 36.8. The van der Waals surface area contributed by atoms with Crippen molar-refractivity contribution >= 4 is 39.2 Å². The highest BCUT2D eigenvalue weighted by molar-refractivity contribution is 7.91. The molecule has 274 valence electrons. The third-order valence-electron chi connectivity index (χ3n) is 10.8. The molecule has 0 saturated heterocycles. The zero-order valence-corrected chi connectivity index (χ0v) is 30.1. The summed E-state index contributed by atoms with van der Waals surface area (Å²) in [6.07, 6.45) is 6.61. The summed E-state index contributed by atoms with van der Waals surface area (Å²) in [6, 6.07) is 12.9. The molecule has 0 aromatic heterocycles. The highest BCUT2D eigenvalue weighted by atomic mass is 32.2. The molecule has 0 radical (unpaired) electrons. The van der Waals surface area contributed by atoms with Crippen LogP contribution in [0.4, 0.5) is 0 Å². The third kappa shape index (κ3) is 6.90. The minimum absolute atomic E-state index is 0.0975. The number of fused-ring (bicyclic) bond motifs is 6. The first kappa shape index (κ1) is 35.6. The van der Waals surface area contributed by atoms with Crippen molar-refractivity contribution in [3.8, 4) is 16.9 Å². The minimum atomic E-state index is -3.87. The maximum Gasteiger partial charge on any atom is 0.259 e. The van der Waals surface area contributed by atoms with Gasteiger partial charge in [-0.1, -0.05) is 61.5 Å². The second-order valence-corrected chi connectivity index (χ2v) is 16.8. The first-order valence-electron chi connectivity index (χ1n) is 18.0. The molecule has 0 spiro atoms. The highest BCUT2D eigenvalue weighted by Gasteiger charge is 2.62. The second-order valence-electron chi connectivity index (χ2n) is 14.8. The van der Waals surface area contributed by atoms with Crippen LogP contribution in [0.2, 0.25) is 0 Å². The largest absolute Gasteiger partial charge is 0.490 e. The number of nitrogens with zero attached hydrogens (tertiary/aromatic N) is 1. The predicted molar refractivity (Wildman–Crippen MR) is 194 cm³/mol. The number of Topliss-reactive ketones (excluding diaryl/α,β-unsaturated/α-hetero) is 1. The molecule has 3 saturated carbocycles. The first-order valence-corrected chi connectivity index (χ1v) is 19.6. The average molecular weight is 729 g/mol. The number of amides is 3. The summed E-state index contributed by atoms with van der Waals surface area (Å²) in [5.74, 6) is -3.93. The van der Waals surface area contributed by atoms with E-state index < -0.39 is 68.4 Å². The Morgan fingerprint density at radius 3 is 2.50 bits per heavy atom. The van der Waals surface area contributed by atoms with Gasteiger partial charge >= 0.3 is 0 Å². The number of nitrogens with one attached hydrogen (secondary N) is 3. The molecule has 3 N–H and O–H groups in total. The number of hydrogen-bond acceptors (Lipinski definition) is 9. The van der Waals surface area contributed by atoms with Gasteiger partial charge in [-0.3, -0.25) is 23.9 Å². The van der Waals surface area contributed by atoms with Crippen LogP contribution in [0.5, 0.6) is 5.75 Å². The topological polar surface area (TPSA) is 169 Å². The van der Waals surface area contributed by atoms with Crippen LogP contribution in [-0.4, -0.2) is 67.2 Å². The van der Waals surface area contributed by atoms with Gasteiger partial charge in [-0.25, -0.2) is 8.42 Å². The van der Waals surface area contributed by atoms with Crippen LogP contribution in [0.25, 0.3) is 11.1 Å². The molecule has 4 aliphatic carbocycles. The molecular weight excluding hydrogens is 685 g/mol. The van der Waals surface area contributed by atoms with Crippen molar-refractivity contribution in [3.05, 3.63) is 78.4 Å². The fourth-order valence-electron chi connectivity index (χ4n) is 7.61. The van der Waals surface area contributed by atoms with Crippen LogP contribution in [0.1, 0.15) is 69.9 Å². The van der Waals surface area contributed by atoms with Gasteiger partial charge in [0.15, 0.2) is 5.78 Å². The maximum absolute atomic E-state index is 14.2. The second kappa shape index (κ2) is 14.0. The molecule has 1 aliphatic heterocycles.